The Kier molecular flexibility index (Phi) is 6.03. The average molecular weight is 417 g/mol. The van der Waals surface area contributed by atoms with Crippen molar-refractivity contribution in [1.29, 1.82) is 0 Å². The molecule has 5 nitrogen and oxygen atoms in total. The van der Waals surface area contributed by atoms with Gasteiger partial charge in [-0.25, -0.2) is 13.2 Å². The second kappa shape index (κ2) is 8.87. The van der Waals surface area contributed by atoms with Crippen LogP contribution >= 0.6 is 0 Å². The van der Waals surface area contributed by atoms with Crippen molar-refractivity contribution in [2.24, 2.45) is 0 Å². The molecule has 0 unspecified atom stereocenters. The molecule has 0 aliphatic carbocycles. The predicted octanol–water partition coefficient (Wildman–Crippen LogP) is 5.44. The summed E-state index contributed by atoms with van der Waals surface area (Å²) in [6.07, 6.45) is 0.410. The molecule has 1 N–H and O–H groups in total. The summed E-state index contributed by atoms with van der Waals surface area (Å²) in [7, 11) is 0. The smallest absolute Gasteiger partial charge is 0.266 e. The molecule has 1 fully saturated rings. The lowest BCUT2D eigenvalue weighted by molar-refractivity contribution is 0.0256. The molecule has 2 heterocycles. The lowest BCUT2D eigenvalue weighted by atomic mass is 10.0. The average Bonchev–Trinajstić information content (AvgIpc) is 2.75. The summed E-state index contributed by atoms with van der Waals surface area (Å²) >= 11 is 0. The molecular formula is C22H22F3N3O2. The molecule has 158 valence electrons. The Morgan fingerprint density at radius 2 is 1.90 bits per heavy atom. The Hall–Kier alpha value is -2.87. The van der Waals surface area contributed by atoms with E-state index in [1.165, 1.54) is 18.3 Å². The molecule has 0 saturated carbocycles. The van der Waals surface area contributed by atoms with Crippen LogP contribution in [0.1, 0.15) is 43.4 Å². The fraction of sp³-hybridized carbons (Fsp3) is 0.364. The Labute approximate surface area is 172 Å². The number of hydrogen-bond donors (Lipinski definition) is 1. The summed E-state index contributed by atoms with van der Waals surface area (Å²) in [5, 5.41) is 12.0. The first-order valence-corrected chi connectivity index (χ1v) is 9.85. The van der Waals surface area contributed by atoms with Gasteiger partial charge >= 0.3 is 0 Å². The van der Waals surface area contributed by atoms with Gasteiger partial charge in [-0.05, 0) is 25.1 Å². The molecule has 4 rings (SSSR count). The quantitative estimate of drug-likeness (QED) is 0.579. The number of aromatic nitrogens is 2. The summed E-state index contributed by atoms with van der Waals surface area (Å²) in [5.74, 6) is -0.202. The van der Waals surface area contributed by atoms with E-state index in [0.717, 1.165) is 24.3 Å². The number of fused-ring (bicyclic) bond motifs is 1. The van der Waals surface area contributed by atoms with Gasteiger partial charge in [0.05, 0.1) is 42.2 Å². The highest BCUT2D eigenvalue weighted by atomic mass is 19.3. The first-order valence-electron chi connectivity index (χ1n) is 9.85. The molecule has 30 heavy (non-hydrogen) atoms. The van der Waals surface area contributed by atoms with Crippen molar-refractivity contribution in [3.8, 4) is 5.75 Å². The zero-order chi connectivity index (χ0) is 21.1. The maximum Gasteiger partial charge on any atom is 0.266 e. The van der Waals surface area contributed by atoms with E-state index in [1.807, 2.05) is 18.2 Å². The molecule has 0 spiro atoms. The topological polar surface area (TPSA) is 56.3 Å². The van der Waals surface area contributed by atoms with Crippen LogP contribution in [-0.4, -0.2) is 29.5 Å². The van der Waals surface area contributed by atoms with Gasteiger partial charge in [0.1, 0.15) is 17.7 Å². The van der Waals surface area contributed by atoms with Crippen LogP contribution in [0.5, 0.6) is 5.75 Å². The largest absolute Gasteiger partial charge is 0.490 e. The van der Waals surface area contributed by atoms with Crippen LogP contribution in [0.15, 0.2) is 42.6 Å². The van der Waals surface area contributed by atoms with E-state index in [1.54, 1.807) is 6.92 Å². The molecule has 1 aromatic heterocycles. The molecule has 3 aromatic rings. The minimum Gasteiger partial charge on any atom is -0.490 e. The SMILES string of the molecule is C[C@@H](Nc1cnnc2ccc(OC3CCOCC3)cc12)c1cccc(C(F)F)c1F. The predicted molar refractivity (Wildman–Crippen MR) is 107 cm³/mol. The van der Waals surface area contributed by atoms with Crippen molar-refractivity contribution in [3.63, 3.8) is 0 Å². The van der Waals surface area contributed by atoms with Crippen LogP contribution < -0.4 is 10.1 Å². The number of ether oxygens (including phenoxy) is 2. The third kappa shape index (κ3) is 4.33. The number of alkyl halides is 2. The summed E-state index contributed by atoms with van der Waals surface area (Å²) in [6.45, 7) is 3.07. The number of halogens is 3. The highest BCUT2D eigenvalue weighted by Gasteiger charge is 2.20. The summed E-state index contributed by atoms with van der Waals surface area (Å²) < 4.78 is 52.1. The van der Waals surface area contributed by atoms with Crippen LogP contribution in [0.3, 0.4) is 0 Å². The second-order valence-corrected chi connectivity index (χ2v) is 7.28. The first-order chi connectivity index (χ1) is 14.5. The zero-order valence-electron chi connectivity index (χ0n) is 16.4. The van der Waals surface area contributed by atoms with Gasteiger partial charge in [-0.15, -0.1) is 0 Å². The minimum absolute atomic E-state index is 0.0903. The Balaban J connectivity index is 1.60. The van der Waals surface area contributed by atoms with Gasteiger partial charge in [-0.3, -0.25) is 0 Å². The molecule has 1 atom stereocenters. The lowest BCUT2D eigenvalue weighted by Crippen LogP contribution is -2.25. The number of benzene rings is 2. The summed E-state index contributed by atoms with van der Waals surface area (Å²) in [5.41, 5.74) is 0.818. The van der Waals surface area contributed by atoms with E-state index in [0.29, 0.717) is 30.2 Å². The number of nitrogens with zero attached hydrogens (tertiary/aromatic N) is 2. The monoisotopic (exact) mass is 417 g/mol. The molecule has 0 amide bonds. The van der Waals surface area contributed by atoms with Gasteiger partial charge in [0, 0.05) is 23.8 Å². The van der Waals surface area contributed by atoms with E-state index in [4.69, 9.17) is 9.47 Å². The fourth-order valence-electron chi connectivity index (χ4n) is 3.59. The Bertz CT molecular complexity index is 1030. The highest BCUT2D eigenvalue weighted by Crippen LogP contribution is 2.32. The highest BCUT2D eigenvalue weighted by molar-refractivity contribution is 5.91. The molecule has 2 aromatic carbocycles. The zero-order valence-corrected chi connectivity index (χ0v) is 16.4. The van der Waals surface area contributed by atoms with Crippen molar-refractivity contribution in [3.05, 3.63) is 59.5 Å². The van der Waals surface area contributed by atoms with Gasteiger partial charge in [0.15, 0.2) is 0 Å². The van der Waals surface area contributed by atoms with Crippen molar-refractivity contribution in [2.45, 2.75) is 38.3 Å². The maximum atomic E-state index is 14.5. The third-order valence-electron chi connectivity index (χ3n) is 5.21. The van der Waals surface area contributed by atoms with E-state index < -0.39 is 23.8 Å². The fourth-order valence-corrected chi connectivity index (χ4v) is 3.59. The van der Waals surface area contributed by atoms with Gasteiger partial charge in [-0.2, -0.15) is 10.2 Å². The standard InChI is InChI=1S/C22H22F3N3O2/c1-13(16-3-2-4-17(21(16)23)22(24)25)27-20-12-26-28-19-6-5-15(11-18(19)20)30-14-7-9-29-10-8-14/h2-6,11-14,22H,7-10H2,1H3,(H,27,28)/t13-/m1/s1. The number of rotatable bonds is 6. The van der Waals surface area contributed by atoms with Gasteiger partial charge in [0.25, 0.3) is 6.43 Å². The second-order valence-electron chi connectivity index (χ2n) is 7.28. The van der Waals surface area contributed by atoms with Crippen LogP contribution in [-0.2, 0) is 4.74 Å². The summed E-state index contributed by atoms with van der Waals surface area (Å²) in [4.78, 5) is 0. The number of nitrogens with one attached hydrogen (secondary N) is 1. The molecular weight excluding hydrogens is 395 g/mol. The van der Waals surface area contributed by atoms with E-state index in [-0.39, 0.29) is 11.7 Å². The van der Waals surface area contributed by atoms with Crippen LogP contribution in [0.2, 0.25) is 0 Å². The van der Waals surface area contributed by atoms with Crippen molar-refractivity contribution in [1.82, 2.24) is 10.2 Å². The Morgan fingerprint density at radius 1 is 1.13 bits per heavy atom. The van der Waals surface area contributed by atoms with Crippen LogP contribution in [0, 0.1) is 5.82 Å². The maximum absolute atomic E-state index is 14.5. The molecule has 0 bridgehead atoms. The van der Waals surface area contributed by atoms with E-state index >= 15 is 0 Å². The van der Waals surface area contributed by atoms with Crippen molar-refractivity contribution >= 4 is 16.6 Å². The van der Waals surface area contributed by atoms with Gasteiger partial charge in [-0.1, -0.05) is 18.2 Å². The molecule has 1 saturated heterocycles. The number of hydrogen-bond acceptors (Lipinski definition) is 5. The molecule has 1 aliphatic rings. The Morgan fingerprint density at radius 3 is 2.67 bits per heavy atom. The molecule has 0 radical (unpaired) electrons. The summed E-state index contributed by atoms with van der Waals surface area (Å²) in [6, 6.07) is 8.98. The van der Waals surface area contributed by atoms with Crippen LogP contribution in [0.4, 0.5) is 18.9 Å². The first kappa shape index (κ1) is 20.4. The van der Waals surface area contributed by atoms with Gasteiger partial charge < -0.3 is 14.8 Å². The van der Waals surface area contributed by atoms with Crippen molar-refractivity contribution < 1.29 is 22.6 Å². The van der Waals surface area contributed by atoms with E-state index in [2.05, 4.69) is 15.5 Å². The lowest BCUT2D eigenvalue weighted by Gasteiger charge is -2.23. The van der Waals surface area contributed by atoms with Crippen LogP contribution in [0.25, 0.3) is 10.9 Å². The third-order valence-corrected chi connectivity index (χ3v) is 5.21. The van der Waals surface area contributed by atoms with E-state index in [9.17, 15) is 13.2 Å². The normalized spacial score (nSPS) is 16.0. The van der Waals surface area contributed by atoms with Gasteiger partial charge in [0.2, 0.25) is 0 Å². The number of anilines is 1. The van der Waals surface area contributed by atoms with Crippen molar-refractivity contribution in [2.75, 3.05) is 18.5 Å². The molecule has 1 aliphatic heterocycles. The molecule has 8 heteroatoms. The minimum atomic E-state index is -2.87.